The van der Waals surface area contributed by atoms with Gasteiger partial charge in [0, 0.05) is 11.1 Å². The average Bonchev–Trinajstić information content (AvgIpc) is 3.13. The first-order chi connectivity index (χ1) is 23.6. The predicted octanol–water partition coefficient (Wildman–Crippen LogP) is 1.33. The van der Waals surface area contributed by atoms with Gasteiger partial charge in [0.1, 0.15) is 61.2 Å². The van der Waals surface area contributed by atoms with E-state index in [-0.39, 0.29) is 28.5 Å². The van der Waals surface area contributed by atoms with Gasteiger partial charge in [-0.05, 0) is 30.3 Å². The summed E-state index contributed by atoms with van der Waals surface area (Å²) in [5.41, 5.74) is 1.07. The first-order valence-electron chi connectivity index (χ1n) is 15.5. The normalized spacial score (nSPS) is 32.8. The fraction of sp³-hybridized carbons (Fsp3) is 0.412. The molecule has 3 heterocycles. The molecule has 3 saturated heterocycles. The van der Waals surface area contributed by atoms with Gasteiger partial charge in [-0.2, -0.15) is 0 Å². The van der Waals surface area contributed by atoms with E-state index in [4.69, 9.17) is 44.8 Å². The number of benzene rings is 3. The minimum absolute atomic E-state index is 0.0259. The molecule has 0 aliphatic carbocycles. The fourth-order valence-electron chi connectivity index (χ4n) is 5.81. The Balaban J connectivity index is 1.18. The third-order valence-electron chi connectivity index (χ3n) is 8.46. The number of aliphatic hydroxyl groups excluding tert-OH is 4. The maximum Gasteiger partial charge on any atom is 0.338 e. The van der Waals surface area contributed by atoms with Crippen LogP contribution in [0.15, 0.2) is 78.9 Å². The van der Waals surface area contributed by atoms with Crippen molar-refractivity contribution in [1.82, 2.24) is 5.32 Å². The molecular weight excluding hydrogens is 666 g/mol. The molecule has 3 aliphatic heterocycles. The summed E-state index contributed by atoms with van der Waals surface area (Å²) in [5.74, 6) is -1.18. The number of aliphatic hydroxyl groups is 4. The number of carbonyl (C=O) groups excluding carboxylic acids is 2. The Morgan fingerprint density at radius 3 is 2.29 bits per heavy atom. The molecule has 3 aliphatic rings. The summed E-state index contributed by atoms with van der Waals surface area (Å²) >= 11 is 6.08. The molecule has 1 unspecified atom stereocenters. The summed E-state index contributed by atoms with van der Waals surface area (Å²) in [5, 5.41) is 47.3. The number of amides is 1. The molecule has 0 radical (unpaired) electrons. The summed E-state index contributed by atoms with van der Waals surface area (Å²) in [6.45, 7) is -0.534. The second-order valence-electron chi connectivity index (χ2n) is 11.7. The highest BCUT2D eigenvalue weighted by Crippen LogP contribution is 2.36. The van der Waals surface area contributed by atoms with Gasteiger partial charge in [0.15, 0.2) is 18.8 Å². The molecule has 0 saturated carbocycles. The Kier molecular flexibility index (Phi) is 11.1. The molecule has 0 spiro atoms. The molecule has 15 heteroatoms. The van der Waals surface area contributed by atoms with Crippen molar-refractivity contribution in [2.75, 3.05) is 20.3 Å². The maximum atomic E-state index is 13.1. The number of ether oxygens (including phenoxy) is 7. The van der Waals surface area contributed by atoms with E-state index in [1.165, 1.54) is 25.3 Å². The van der Waals surface area contributed by atoms with Gasteiger partial charge in [-0.25, -0.2) is 4.79 Å². The highest BCUT2D eigenvalue weighted by Gasteiger charge is 2.53. The number of nitrogens with one attached hydrogen (secondary N) is 1. The van der Waals surface area contributed by atoms with E-state index in [1.54, 1.807) is 42.5 Å². The third kappa shape index (κ3) is 7.74. The molecule has 3 fully saturated rings. The van der Waals surface area contributed by atoms with Crippen LogP contribution in [-0.4, -0.2) is 114 Å². The van der Waals surface area contributed by atoms with Crippen LogP contribution in [0.5, 0.6) is 5.75 Å². The quantitative estimate of drug-likeness (QED) is 0.201. The van der Waals surface area contributed by atoms with Crippen LogP contribution in [0.25, 0.3) is 0 Å². The van der Waals surface area contributed by atoms with E-state index in [0.29, 0.717) is 5.56 Å². The molecule has 0 bridgehead atoms. The van der Waals surface area contributed by atoms with Gasteiger partial charge in [-0.1, -0.05) is 60.1 Å². The number of halogens is 1. The number of methoxy groups -OCH3 is 1. The monoisotopic (exact) mass is 701 g/mol. The van der Waals surface area contributed by atoms with Crippen LogP contribution in [0.2, 0.25) is 5.02 Å². The van der Waals surface area contributed by atoms with Crippen molar-refractivity contribution >= 4 is 23.5 Å². The van der Waals surface area contributed by atoms with Crippen molar-refractivity contribution in [3.05, 3.63) is 101 Å². The first-order valence-corrected chi connectivity index (χ1v) is 15.9. The van der Waals surface area contributed by atoms with E-state index in [1.807, 2.05) is 18.2 Å². The van der Waals surface area contributed by atoms with Gasteiger partial charge < -0.3 is 58.9 Å². The van der Waals surface area contributed by atoms with E-state index in [9.17, 15) is 30.0 Å². The zero-order valence-electron chi connectivity index (χ0n) is 26.1. The highest BCUT2D eigenvalue weighted by atomic mass is 35.5. The molecule has 0 aromatic heterocycles. The lowest BCUT2D eigenvalue weighted by Gasteiger charge is -2.48. The predicted molar refractivity (Wildman–Crippen MR) is 168 cm³/mol. The summed E-state index contributed by atoms with van der Waals surface area (Å²) in [4.78, 5) is 25.9. The largest absolute Gasteiger partial charge is 0.495 e. The van der Waals surface area contributed by atoms with E-state index in [2.05, 4.69) is 5.32 Å². The summed E-state index contributed by atoms with van der Waals surface area (Å²) in [6.07, 6.45) is -15.3. The Hall–Kier alpha value is -3.67. The van der Waals surface area contributed by atoms with Crippen molar-refractivity contribution in [3.8, 4) is 5.75 Å². The van der Waals surface area contributed by atoms with Gasteiger partial charge in [-0.3, -0.25) is 4.79 Å². The number of fused-ring (bicyclic) bond motifs is 1. The zero-order valence-corrected chi connectivity index (χ0v) is 26.9. The summed E-state index contributed by atoms with van der Waals surface area (Å²) in [6, 6.07) is 21.4. The molecule has 1 amide bonds. The lowest BCUT2D eigenvalue weighted by molar-refractivity contribution is -0.379. The van der Waals surface area contributed by atoms with Crippen molar-refractivity contribution in [2.24, 2.45) is 0 Å². The van der Waals surface area contributed by atoms with E-state index < -0.39 is 86.1 Å². The van der Waals surface area contributed by atoms with Gasteiger partial charge >= 0.3 is 5.97 Å². The van der Waals surface area contributed by atoms with Crippen molar-refractivity contribution in [3.63, 3.8) is 0 Å². The molecule has 49 heavy (non-hydrogen) atoms. The molecule has 3 aromatic rings. The molecule has 5 N–H and O–H groups in total. The lowest BCUT2D eigenvalue weighted by Crippen LogP contribution is -2.67. The summed E-state index contributed by atoms with van der Waals surface area (Å²) in [7, 11) is 1.39. The number of hydrogen-bond donors (Lipinski definition) is 5. The van der Waals surface area contributed by atoms with Crippen molar-refractivity contribution < 1.29 is 63.2 Å². The average molecular weight is 702 g/mol. The molecule has 3 aromatic carbocycles. The lowest BCUT2D eigenvalue weighted by atomic mass is 9.95. The summed E-state index contributed by atoms with van der Waals surface area (Å²) < 4.78 is 40.3. The zero-order chi connectivity index (χ0) is 34.7. The smallest absolute Gasteiger partial charge is 0.338 e. The molecular formula is C34H36ClNO13. The Bertz CT molecular complexity index is 1580. The Labute approximate surface area is 286 Å². The standard InChI is InChI=1S/C34H36ClNO13/c1-43-21-14-19(12-13-20(21)35)30(41)36-31-26(39)24(37)28(22(46-31)15-44-32(42)17-8-4-2-5-9-17)49-34-27(40)25(38)29-23(47-34)16-45-33(48-29)18-10-6-3-7-11-18/h2-14,22-29,31,33-34,37-40H,15-16H2,1H3,(H,36,41)/t22-,23-,24-,25-,26-,27-,28-,29-,31-,33?,34-/m1/s1. The van der Waals surface area contributed by atoms with E-state index >= 15 is 0 Å². The van der Waals surface area contributed by atoms with E-state index in [0.717, 1.165) is 0 Å². The highest BCUT2D eigenvalue weighted by molar-refractivity contribution is 6.32. The number of carbonyl (C=O) groups is 2. The van der Waals surface area contributed by atoms with Crippen LogP contribution < -0.4 is 10.1 Å². The number of hydrogen-bond acceptors (Lipinski definition) is 13. The van der Waals surface area contributed by atoms with Crippen LogP contribution in [0, 0.1) is 0 Å². The Morgan fingerprint density at radius 1 is 0.857 bits per heavy atom. The first kappa shape index (κ1) is 35.2. The van der Waals surface area contributed by atoms with Gasteiger partial charge in [0.2, 0.25) is 0 Å². The van der Waals surface area contributed by atoms with Crippen LogP contribution in [0.3, 0.4) is 0 Å². The van der Waals surface area contributed by atoms with Gasteiger partial charge in [0.25, 0.3) is 5.91 Å². The second-order valence-corrected chi connectivity index (χ2v) is 12.1. The van der Waals surface area contributed by atoms with Crippen LogP contribution >= 0.6 is 11.6 Å². The third-order valence-corrected chi connectivity index (χ3v) is 8.77. The maximum absolute atomic E-state index is 13.1. The molecule has 262 valence electrons. The molecule has 6 rings (SSSR count). The van der Waals surface area contributed by atoms with Crippen molar-refractivity contribution in [1.29, 1.82) is 0 Å². The number of rotatable bonds is 9. The number of esters is 1. The van der Waals surface area contributed by atoms with Crippen molar-refractivity contribution in [2.45, 2.75) is 67.6 Å². The van der Waals surface area contributed by atoms with Crippen LogP contribution in [-0.2, 0) is 28.4 Å². The minimum Gasteiger partial charge on any atom is -0.495 e. The Morgan fingerprint density at radius 2 is 1.57 bits per heavy atom. The van der Waals surface area contributed by atoms with Crippen LogP contribution in [0.1, 0.15) is 32.6 Å². The minimum atomic E-state index is -1.77. The topological polar surface area (TPSA) is 192 Å². The van der Waals surface area contributed by atoms with Crippen LogP contribution in [0.4, 0.5) is 0 Å². The molecule has 14 nitrogen and oxygen atoms in total. The fourth-order valence-corrected chi connectivity index (χ4v) is 6.01. The van der Waals surface area contributed by atoms with Gasteiger partial charge in [0.05, 0.1) is 24.3 Å². The van der Waals surface area contributed by atoms with Gasteiger partial charge in [-0.15, -0.1) is 0 Å². The molecule has 11 atom stereocenters. The second kappa shape index (κ2) is 15.5. The SMILES string of the molecule is COc1cc(C(=O)N[C@@H]2O[C@H](COC(=O)c3ccccc3)[C@@H](O[C@H]3O[C@@H]4COC(c5ccccc5)O[C@H]4[C@H](O)[C@H]3O)[C@H](O)[C@H]2O)ccc1Cl.